The smallest absolute Gasteiger partial charge is 0.270 e. The van der Waals surface area contributed by atoms with Crippen molar-refractivity contribution in [2.45, 2.75) is 0 Å². The second-order valence-electron chi connectivity index (χ2n) is 6.36. The molecule has 2 fully saturated rings. The van der Waals surface area contributed by atoms with Crippen LogP contribution in [0.5, 0.6) is 0 Å². The van der Waals surface area contributed by atoms with Crippen molar-refractivity contribution in [3.05, 3.63) is 24.0 Å². The minimum Gasteiger partial charge on any atom is -0.380 e. The molecule has 3 rings (SSSR count). The minimum absolute atomic E-state index is 0.0133. The van der Waals surface area contributed by atoms with Gasteiger partial charge in [-0.1, -0.05) is 0 Å². The molecule has 2 aliphatic heterocycles. The van der Waals surface area contributed by atoms with E-state index in [0.717, 1.165) is 6.26 Å². The maximum Gasteiger partial charge on any atom is 0.270 e. The molecule has 7 nitrogen and oxygen atoms in total. The van der Waals surface area contributed by atoms with Crippen molar-refractivity contribution >= 4 is 15.9 Å². The molecule has 2 saturated heterocycles. The molecule has 0 aliphatic carbocycles. The molecule has 0 unspecified atom stereocenters. The van der Waals surface area contributed by atoms with Gasteiger partial charge in [0, 0.05) is 44.2 Å². The number of nitrogens with zero attached hydrogens (tertiary/aromatic N) is 2. The van der Waals surface area contributed by atoms with E-state index in [-0.39, 0.29) is 17.2 Å². The van der Waals surface area contributed by atoms with E-state index in [0.29, 0.717) is 38.5 Å². The highest BCUT2D eigenvalue weighted by atomic mass is 32.2. The zero-order chi connectivity index (χ0) is 16.0. The number of hydrogen-bond donors (Lipinski definition) is 1. The Morgan fingerprint density at radius 3 is 2.95 bits per heavy atom. The summed E-state index contributed by atoms with van der Waals surface area (Å²) in [4.78, 5) is 14.4. The van der Waals surface area contributed by atoms with Gasteiger partial charge in [0.25, 0.3) is 5.91 Å². The molecule has 2 aliphatic rings. The van der Waals surface area contributed by atoms with Gasteiger partial charge in [-0.3, -0.25) is 4.79 Å². The Morgan fingerprint density at radius 2 is 2.32 bits per heavy atom. The lowest BCUT2D eigenvalue weighted by atomic mass is 9.81. The first-order chi connectivity index (χ1) is 10.3. The van der Waals surface area contributed by atoms with Crippen LogP contribution in [-0.4, -0.2) is 62.9 Å². The lowest BCUT2D eigenvalue weighted by Crippen LogP contribution is -2.43. The summed E-state index contributed by atoms with van der Waals surface area (Å²) in [5, 5.41) is 0. The highest BCUT2D eigenvalue weighted by molar-refractivity contribution is 7.88. The van der Waals surface area contributed by atoms with Crippen LogP contribution in [0.3, 0.4) is 0 Å². The van der Waals surface area contributed by atoms with Crippen molar-refractivity contribution in [2.24, 2.45) is 18.4 Å². The molecule has 0 aromatic carbocycles. The van der Waals surface area contributed by atoms with Crippen LogP contribution < -0.4 is 4.72 Å². The summed E-state index contributed by atoms with van der Waals surface area (Å²) < 4.78 is 32.7. The Kier molecular flexibility index (Phi) is 3.78. The van der Waals surface area contributed by atoms with Crippen molar-refractivity contribution in [1.29, 1.82) is 0 Å². The maximum absolute atomic E-state index is 12.6. The zero-order valence-electron chi connectivity index (χ0n) is 12.8. The van der Waals surface area contributed by atoms with Crippen LogP contribution in [0.4, 0.5) is 0 Å². The van der Waals surface area contributed by atoms with E-state index in [2.05, 4.69) is 4.72 Å². The monoisotopic (exact) mass is 327 g/mol. The van der Waals surface area contributed by atoms with Crippen LogP contribution >= 0.6 is 0 Å². The number of ether oxygens (including phenoxy) is 1. The molecule has 1 aromatic heterocycles. The zero-order valence-corrected chi connectivity index (χ0v) is 13.6. The van der Waals surface area contributed by atoms with Crippen molar-refractivity contribution in [3.63, 3.8) is 0 Å². The molecular weight excluding hydrogens is 306 g/mol. The van der Waals surface area contributed by atoms with Gasteiger partial charge >= 0.3 is 0 Å². The summed E-state index contributed by atoms with van der Waals surface area (Å²) in [7, 11) is -1.41. The van der Waals surface area contributed by atoms with Gasteiger partial charge in [-0.15, -0.1) is 0 Å². The predicted octanol–water partition coefficient (Wildman–Crippen LogP) is -0.337. The number of likely N-dealkylation sites (tertiary alicyclic amines) is 1. The molecule has 0 spiro atoms. The average Bonchev–Trinajstić information content (AvgIpc) is 3.08. The summed E-state index contributed by atoms with van der Waals surface area (Å²) in [5.74, 6) is 0.159. The van der Waals surface area contributed by atoms with Crippen molar-refractivity contribution in [1.82, 2.24) is 14.2 Å². The number of sulfonamides is 1. The fraction of sp³-hybridized carbons (Fsp3) is 0.643. The molecule has 22 heavy (non-hydrogen) atoms. The van der Waals surface area contributed by atoms with Crippen molar-refractivity contribution in [3.8, 4) is 0 Å². The molecule has 122 valence electrons. The van der Waals surface area contributed by atoms with Gasteiger partial charge in [0.15, 0.2) is 0 Å². The number of hydrogen-bond acceptors (Lipinski definition) is 4. The van der Waals surface area contributed by atoms with Gasteiger partial charge in [0.05, 0.1) is 19.5 Å². The van der Waals surface area contributed by atoms with Crippen LogP contribution in [0.1, 0.15) is 10.5 Å². The number of aromatic nitrogens is 1. The third-order valence-electron chi connectivity index (χ3n) is 4.66. The third kappa shape index (κ3) is 2.78. The van der Waals surface area contributed by atoms with Crippen LogP contribution in [-0.2, 0) is 21.8 Å². The van der Waals surface area contributed by atoms with E-state index < -0.39 is 10.0 Å². The van der Waals surface area contributed by atoms with E-state index in [4.69, 9.17) is 4.74 Å². The molecule has 8 heteroatoms. The SMILES string of the molecule is Cn1cccc1C(=O)N1C[C@@H]2COC[C@]2(CNS(C)(=O)=O)C1. The molecular formula is C14H21N3O4S. The van der Waals surface area contributed by atoms with Gasteiger partial charge in [0.2, 0.25) is 10.0 Å². The van der Waals surface area contributed by atoms with E-state index in [1.165, 1.54) is 0 Å². The molecule has 1 amide bonds. The summed E-state index contributed by atoms with van der Waals surface area (Å²) in [6, 6.07) is 3.64. The Labute approximate surface area is 130 Å². The van der Waals surface area contributed by atoms with E-state index >= 15 is 0 Å². The quantitative estimate of drug-likeness (QED) is 0.821. The number of nitrogens with one attached hydrogen (secondary N) is 1. The summed E-state index contributed by atoms with van der Waals surface area (Å²) in [6.07, 6.45) is 2.99. The predicted molar refractivity (Wildman–Crippen MR) is 80.9 cm³/mol. The van der Waals surface area contributed by atoms with Crippen LogP contribution in [0.2, 0.25) is 0 Å². The van der Waals surface area contributed by atoms with Gasteiger partial charge in [-0.2, -0.15) is 0 Å². The van der Waals surface area contributed by atoms with Gasteiger partial charge in [-0.25, -0.2) is 13.1 Å². The number of amides is 1. The van der Waals surface area contributed by atoms with E-state index in [9.17, 15) is 13.2 Å². The van der Waals surface area contributed by atoms with Gasteiger partial charge in [0.1, 0.15) is 5.69 Å². The molecule has 3 heterocycles. The summed E-state index contributed by atoms with van der Waals surface area (Å²) in [6.45, 7) is 2.49. The third-order valence-corrected chi connectivity index (χ3v) is 5.33. The molecule has 0 saturated carbocycles. The lowest BCUT2D eigenvalue weighted by molar-refractivity contribution is 0.0712. The molecule has 1 aromatic rings. The van der Waals surface area contributed by atoms with Crippen LogP contribution in [0.25, 0.3) is 0 Å². The highest BCUT2D eigenvalue weighted by Crippen LogP contribution is 2.41. The number of carbonyl (C=O) groups is 1. The summed E-state index contributed by atoms with van der Waals surface area (Å²) >= 11 is 0. The van der Waals surface area contributed by atoms with E-state index in [1.54, 1.807) is 10.6 Å². The number of fused-ring (bicyclic) bond motifs is 1. The number of rotatable bonds is 4. The first-order valence-corrected chi connectivity index (χ1v) is 9.13. The second-order valence-corrected chi connectivity index (χ2v) is 8.19. The Bertz CT molecular complexity index is 684. The minimum atomic E-state index is -3.26. The van der Waals surface area contributed by atoms with Crippen LogP contribution in [0, 0.1) is 11.3 Å². The van der Waals surface area contributed by atoms with Crippen molar-refractivity contribution < 1.29 is 17.9 Å². The Balaban J connectivity index is 1.76. The van der Waals surface area contributed by atoms with Gasteiger partial charge < -0.3 is 14.2 Å². The normalized spacial score (nSPS) is 28.1. The number of aryl methyl sites for hydroxylation is 1. The number of carbonyl (C=O) groups excluding carboxylic acids is 1. The van der Waals surface area contributed by atoms with Crippen molar-refractivity contribution in [2.75, 3.05) is 39.1 Å². The topological polar surface area (TPSA) is 80.6 Å². The standard InChI is InChI=1S/C14H21N3O4S/c1-16-5-3-4-12(16)13(18)17-6-11-7-21-10-14(11,9-17)8-15-22(2,19)20/h3-5,11,15H,6-10H2,1-2H3/t11-,14+/m1/s1. The Hall–Kier alpha value is -1.38. The molecule has 2 atom stereocenters. The summed E-state index contributed by atoms with van der Waals surface area (Å²) in [5.41, 5.74) is 0.330. The lowest BCUT2D eigenvalue weighted by Gasteiger charge is -2.27. The average molecular weight is 327 g/mol. The Morgan fingerprint density at radius 1 is 1.55 bits per heavy atom. The molecule has 0 radical (unpaired) electrons. The molecule has 0 bridgehead atoms. The fourth-order valence-electron chi connectivity index (χ4n) is 3.36. The second kappa shape index (κ2) is 5.36. The van der Waals surface area contributed by atoms with E-state index in [1.807, 2.05) is 24.2 Å². The highest BCUT2D eigenvalue weighted by Gasteiger charge is 2.52. The van der Waals surface area contributed by atoms with Crippen LogP contribution in [0.15, 0.2) is 18.3 Å². The molecule has 1 N–H and O–H groups in total. The largest absolute Gasteiger partial charge is 0.380 e. The fourth-order valence-corrected chi connectivity index (χ4v) is 3.91. The maximum atomic E-state index is 12.6. The van der Waals surface area contributed by atoms with Gasteiger partial charge in [-0.05, 0) is 12.1 Å². The first-order valence-electron chi connectivity index (χ1n) is 7.24. The first kappa shape index (κ1) is 15.5.